The fraction of sp³-hybridized carbons (Fsp3) is 0.107. The minimum absolute atomic E-state index is 0.0285. The number of anilines is 1. The van der Waals surface area contributed by atoms with Crippen molar-refractivity contribution in [2.75, 3.05) is 4.90 Å². The van der Waals surface area contributed by atoms with E-state index in [-0.39, 0.29) is 11.5 Å². The van der Waals surface area contributed by atoms with Gasteiger partial charge in [-0.2, -0.15) is 5.26 Å². The van der Waals surface area contributed by atoms with Crippen LogP contribution in [0.15, 0.2) is 95.7 Å². The molecule has 1 aliphatic rings. The molecule has 1 N–H and O–H groups in total. The molecule has 166 valence electrons. The SMILES string of the molecule is Cc1ccccc1C[C@H]1S/C(=C(\C#N)C(=O)c2c[nH]c3ccccc23)N(c2ccccc2)C1=O. The van der Waals surface area contributed by atoms with Crippen LogP contribution < -0.4 is 4.90 Å². The van der Waals surface area contributed by atoms with Gasteiger partial charge < -0.3 is 4.98 Å². The third-order valence-corrected chi connectivity index (χ3v) is 7.28. The number of nitrogens with zero attached hydrogens (tertiary/aromatic N) is 2. The van der Waals surface area contributed by atoms with Crippen LogP contribution in [0.5, 0.6) is 0 Å². The van der Waals surface area contributed by atoms with Crippen LogP contribution in [-0.4, -0.2) is 21.9 Å². The van der Waals surface area contributed by atoms with Gasteiger partial charge in [-0.15, -0.1) is 0 Å². The van der Waals surface area contributed by atoms with Gasteiger partial charge in [0.05, 0.1) is 5.25 Å². The fourth-order valence-electron chi connectivity index (χ4n) is 4.23. The second kappa shape index (κ2) is 9.05. The van der Waals surface area contributed by atoms with E-state index in [1.807, 2.05) is 85.8 Å². The van der Waals surface area contributed by atoms with Crippen molar-refractivity contribution >= 4 is 40.0 Å². The molecule has 0 spiro atoms. The maximum atomic E-state index is 13.6. The van der Waals surface area contributed by atoms with Crippen molar-refractivity contribution < 1.29 is 9.59 Å². The second-order valence-corrected chi connectivity index (χ2v) is 9.31. The highest BCUT2D eigenvalue weighted by atomic mass is 32.2. The average Bonchev–Trinajstić information content (AvgIpc) is 3.43. The quantitative estimate of drug-likeness (QED) is 0.231. The number of nitrogens with one attached hydrogen (secondary N) is 1. The third-order valence-electron chi connectivity index (χ3n) is 6.02. The van der Waals surface area contributed by atoms with E-state index in [0.29, 0.717) is 22.7 Å². The number of amides is 1. The molecule has 0 unspecified atom stereocenters. The summed E-state index contributed by atoms with van der Waals surface area (Å²) in [5.41, 5.74) is 4.03. The Morgan fingerprint density at radius 3 is 2.50 bits per heavy atom. The Morgan fingerprint density at radius 1 is 1.03 bits per heavy atom. The van der Waals surface area contributed by atoms with Gasteiger partial charge in [-0.1, -0.05) is 72.4 Å². The molecular formula is C28H21N3O2S. The predicted octanol–water partition coefficient (Wildman–Crippen LogP) is 5.79. The third kappa shape index (κ3) is 3.81. The lowest BCUT2D eigenvalue weighted by atomic mass is 10.0. The lowest BCUT2D eigenvalue weighted by Gasteiger charge is -2.18. The smallest absolute Gasteiger partial charge is 0.245 e. The van der Waals surface area contributed by atoms with E-state index < -0.39 is 11.0 Å². The zero-order chi connectivity index (χ0) is 23.7. The molecule has 1 amide bonds. The van der Waals surface area contributed by atoms with Gasteiger partial charge in [-0.25, -0.2) is 0 Å². The van der Waals surface area contributed by atoms with Crippen LogP contribution in [0.3, 0.4) is 0 Å². The molecule has 4 aromatic rings. The zero-order valence-corrected chi connectivity index (χ0v) is 19.3. The molecule has 0 radical (unpaired) electrons. The van der Waals surface area contributed by atoms with E-state index in [0.717, 1.165) is 22.0 Å². The largest absolute Gasteiger partial charge is 0.360 e. The molecule has 0 saturated carbocycles. The Kier molecular flexibility index (Phi) is 5.79. The van der Waals surface area contributed by atoms with Gasteiger partial charge in [-0.3, -0.25) is 14.5 Å². The maximum absolute atomic E-state index is 13.6. The number of para-hydroxylation sites is 2. The number of nitriles is 1. The van der Waals surface area contributed by atoms with Crippen LogP contribution in [-0.2, 0) is 11.2 Å². The Bertz CT molecular complexity index is 1480. The molecule has 6 heteroatoms. The Labute approximate surface area is 201 Å². The average molecular weight is 464 g/mol. The molecule has 1 fully saturated rings. The molecule has 1 saturated heterocycles. The van der Waals surface area contributed by atoms with E-state index in [2.05, 4.69) is 11.1 Å². The van der Waals surface area contributed by atoms with Crippen LogP contribution in [0.25, 0.3) is 10.9 Å². The summed E-state index contributed by atoms with van der Waals surface area (Å²) in [7, 11) is 0. The number of hydrogen-bond acceptors (Lipinski definition) is 4. The number of Topliss-reactive ketones (excluding diaryl/α,β-unsaturated/α-hetero) is 1. The Morgan fingerprint density at radius 2 is 1.74 bits per heavy atom. The standard InChI is InChI=1S/C28H21N3O2S/c1-18-9-5-6-10-19(18)15-25-27(33)31(20-11-3-2-4-12-20)28(34-25)22(16-29)26(32)23-17-30-24-14-8-7-13-21(23)24/h2-14,17,25,30H,15H2,1H3/b28-22+/t25-/m1/s1. The fourth-order valence-corrected chi connectivity index (χ4v) is 5.53. The number of rotatable bonds is 5. The lowest BCUT2D eigenvalue weighted by molar-refractivity contribution is -0.117. The molecule has 1 aromatic heterocycles. The van der Waals surface area contributed by atoms with Crippen LogP contribution in [0.4, 0.5) is 5.69 Å². The Hall–Kier alpha value is -4.08. The van der Waals surface area contributed by atoms with E-state index in [1.165, 1.54) is 16.7 Å². The minimum Gasteiger partial charge on any atom is -0.360 e. The Balaban J connectivity index is 1.61. The van der Waals surface area contributed by atoms with E-state index in [1.54, 1.807) is 6.20 Å². The number of fused-ring (bicyclic) bond motifs is 1. The number of benzene rings is 3. The summed E-state index contributed by atoms with van der Waals surface area (Å²) in [6.45, 7) is 2.02. The molecule has 3 aromatic carbocycles. The highest BCUT2D eigenvalue weighted by molar-refractivity contribution is 8.05. The van der Waals surface area contributed by atoms with Gasteiger partial charge in [-0.05, 0) is 42.7 Å². The molecule has 5 rings (SSSR count). The van der Waals surface area contributed by atoms with Gasteiger partial charge in [0, 0.05) is 28.4 Å². The minimum atomic E-state index is -0.435. The first-order valence-corrected chi connectivity index (χ1v) is 11.8. The maximum Gasteiger partial charge on any atom is 0.245 e. The molecular weight excluding hydrogens is 442 g/mol. The van der Waals surface area contributed by atoms with Gasteiger partial charge in [0.2, 0.25) is 11.7 Å². The van der Waals surface area contributed by atoms with Gasteiger partial charge in [0.15, 0.2) is 0 Å². The molecule has 0 bridgehead atoms. The van der Waals surface area contributed by atoms with Crippen molar-refractivity contribution in [1.29, 1.82) is 5.26 Å². The van der Waals surface area contributed by atoms with Crippen molar-refractivity contribution in [2.45, 2.75) is 18.6 Å². The number of aromatic amines is 1. The van der Waals surface area contributed by atoms with E-state index >= 15 is 0 Å². The summed E-state index contributed by atoms with van der Waals surface area (Å²) in [6, 6.07) is 26.7. The number of thioether (sulfide) groups is 1. The number of ketones is 1. The van der Waals surface area contributed by atoms with Gasteiger partial charge in [0.25, 0.3) is 0 Å². The van der Waals surface area contributed by atoms with Crippen LogP contribution >= 0.6 is 11.8 Å². The number of aromatic nitrogens is 1. The number of aryl methyl sites for hydroxylation is 1. The number of hydrogen-bond donors (Lipinski definition) is 1. The highest BCUT2D eigenvalue weighted by Crippen LogP contribution is 2.42. The van der Waals surface area contributed by atoms with Crippen molar-refractivity contribution in [1.82, 2.24) is 4.98 Å². The van der Waals surface area contributed by atoms with Crippen LogP contribution in [0.2, 0.25) is 0 Å². The predicted molar refractivity (Wildman–Crippen MR) is 135 cm³/mol. The van der Waals surface area contributed by atoms with Crippen LogP contribution in [0, 0.1) is 18.3 Å². The summed E-state index contributed by atoms with van der Waals surface area (Å²) in [5, 5.41) is 10.8. The van der Waals surface area contributed by atoms with Crippen molar-refractivity contribution in [3.63, 3.8) is 0 Å². The first kappa shape index (κ1) is 21.7. The molecule has 5 nitrogen and oxygen atoms in total. The van der Waals surface area contributed by atoms with Gasteiger partial charge in [0.1, 0.15) is 16.7 Å². The summed E-state index contributed by atoms with van der Waals surface area (Å²) in [6.07, 6.45) is 2.15. The first-order chi connectivity index (χ1) is 16.6. The molecule has 2 heterocycles. The molecule has 1 aliphatic heterocycles. The van der Waals surface area contributed by atoms with Crippen molar-refractivity contribution in [2.24, 2.45) is 0 Å². The van der Waals surface area contributed by atoms with Crippen molar-refractivity contribution in [3.05, 3.63) is 112 Å². The van der Waals surface area contributed by atoms with E-state index in [4.69, 9.17) is 0 Å². The number of allylic oxidation sites excluding steroid dienone is 1. The number of carbonyl (C=O) groups excluding carboxylic acids is 2. The monoisotopic (exact) mass is 463 g/mol. The molecule has 0 aliphatic carbocycles. The number of carbonyl (C=O) groups is 2. The lowest BCUT2D eigenvalue weighted by Crippen LogP contribution is -2.30. The second-order valence-electron chi connectivity index (χ2n) is 8.12. The number of H-pyrrole nitrogens is 1. The molecule has 1 atom stereocenters. The normalized spacial score (nSPS) is 17.1. The van der Waals surface area contributed by atoms with Crippen molar-refractivity contribution in [3.8, 4) is 6.07 Å². The first-order valence-electron chi connectivity index (χ1n) is 10.9. The summed E-state index contributed by atoms with van der Waals surface area (Å²) in [4.78, 5) is 31.8. The topological polar surface area (TPSA) is 77.0 Å². The van der Waals surface area contributed by atoms with Gasteiger partial charge >= 0.3 is 0 Å². The van der Waals surface area contributed by atoms with Crippen LogP contribution in [0.1, 0.15) is 21.5 Å². The van der Waals surface area contributed by atoms with E-state index in [9.17, 15) is 14.9 Å². The summed E-state index contributed by atoms with van der Waals surface area (Å²) >= 11 is 1.29. The zero-order valence-electron chi connectivity index (χ0n) is 18.5. The summed E-state index contributed by atoms with van der Waals surface area (Å²) in [5.74, 6) is -0.526. The summed E-state index contributed by atoms with van der Waals surface area (Å²) < 4.78 is 0. The highest BCUT2D eigenvalue weighted by Gasteiger charge is 2.41. The molecule has 34 heavy (non-hydrogen) atoms.